The van der Waals surface area contributed by atoms with Crippen molar-refractivity contribution >= 4 is 23.7 Å². The first-order valence-corrected chi connectivity index (χ1v) is 6.69. The van der Waals surface area contributed by atoms with Crippen molar-refractivity contribution in [3.63, 3.8) is 0 Å². The Balaban J connectivity index is 2.29. The van der Waals surface area contributed by atoms with Gasteiger partial charge in [0.2, 0.25) is 0 Å². The lowest BCUT2D eigenvalue weighted by Crippen LogP contribution is -2.40. The molecule has 0 spiro atoms. The van der Waals surface area contributed by atoms with E-state index >= 15 is 0 Å². The van der Waals surface area contributed by atoms with Crippen LogP contribution in [0.2, 0.25) is 0 Å². The quantitative estimate of drug-likeness (QED) is 0.756. The highest BCUT2D eigenvalue weighted by Crippen LogP contribution is 2.30. The van der Waals surface area contributed by atoms with Gasteiger partial charge < -0.3 is 4.90 Å². The molecule has 0 aliphatic carbocycles. The highest BCUT2D eigenvalue weighted by molar-refractivity contribution is 8.00. The summed E-state index contributed by atoms with van der Waals surface area (Å²) in [5.74, 6) is -0.358. The summed E-state index contributed by atoms with van der Waals surface area (Å²) in [6.45, 7) is 6.16. The van der Waals surface area contributed by atoms with Gasteiger partial charge in [-0.2, -0.15) is 11.8 Å². The summed E-state index contributed by atoms with van der Waals surface area (Å²) in [4.78, 5) is 13.2. The van der Waals surface area contributed by atoms with Gasteiger partial charge in [0, 0.05) is 34.8 Å². The van der Waals surface area contributed by atoms with Crippen LogP contribution < -0.4 is 4.90 Å². The molecule has 0 amide bonds. The van der Waals surface area contributed by atoms with Gasteiger partial charge in [0.1, 0.15) is 5.82 Å². The second-order valence-electron chi connectivity index (χ2n) is 4.48. The third kappa shape index (κ3) is 2.80. The maximum absolute atomic E-state index is 13.1. The predicted octanol–water partition coefficient (Wildman–Crippen LogP) is 2.97. The fourth-order valence-corrected chi connectivity index (χ4v) is 3.61. The summed E-state index contributed by atoms with van der Waals surface area (Å²) < 4.78 is 13.1. The van der Waals surface area contributed by atoms with Crippen LogP contribution in [0.1, 0.15) is 24.2 Å². The monoisotopic (exact) mass is 253 g/mol. The van der Waals surface area contributed by atoms with E-state index in [-0.39, 0.29) is 5.82 Å². The maximum Gasteiger partial charge on any atom is 0.152 e. The Bertz CT molecular complexity index is 414. The molecule has 1 aliphatic rings. The van der Waals surface area contributed by atoms with Crippen molar-refractivity contribution in [3.8, 4) is 0 Å². The molecule has 0 radical (unpaired) electrons. The first-order chi connectivity index (χ1) is 8.10. The van der Waals surface area contributed by atoms with Crippen LogP contribution in [0.15, 0.2) is 18.2 Å². The van der Waals surface area contributed by atoms with Gasteiger partial charge in [-0.25, -0.2) is 4.39 Å². The van der Waals surface area contributed by atoms with Crippen molar-refractivity contribution in [2.75, 3.05) is 18.0 Å². The van der Waals surface area contributed by atoms with Crippen LogP contribution >= 0.6 is 11.8 Å². The number of anilines is 1. The SMILES string of the molecule is CC1CN(c2ccc(F)cc2C=O)CC(C)S1. The van der Waals surface area contributed by atoms with E-state index in [2.05, 4.69) is 18.7 Å². The third-order valence-corrected chi connectivity index (χ3v) is 4.10. The van der Waals surface area contributed by atoms with Gasteiger partial charge in [-0.3, -0.25) is 4.79 Å². The second-order valence-corrected chi connectivity index (χ2v) is 6.36. The average Bonchev–Trinajstić information content (AvgIpc) is 2.27. The first-order valence-electron chi connectivity index (χ1n) is 5.75. The summed E-state index contributed by atoms with van der Waals surface area (Å²) in [6, 6.07) is 4.42. The van der Waals surface area contributed by atoms with Gasteiger partial charge in [-0.05, 0) is 18.2 Å². The number of hydrogen-bond donors (Lipinski definition) is 0. The topological polar surface area (TPSA) is 20.3 Å². The van der Waals surface area contributed by atoms with Crippen LogP contribution in [0.3, 0.4) is 0 Å². The molecule has 4 heteroatoms. The number of benzene rings is 1. The Morgan fingerprint density at radius 3 is 2.59 bits per heavy atom. The van der Waals surface area contributed by atoms with Crippen LogP contribution in [-0.4, -0.2) is 29.9 Å². The predicted molar refractivity (Wildman–Crippen MR) is 70.5 cm³/mol. The molecule has 92 valence electrons. The maximum atomic E-state index is 13.1. The van der Waals surface area contributed by atoms with E-state index in [1.165, 1.54) is 12.1 Å². The minimum atomic E-state index is -0.358. The first kappa shape index (κ1) is 12.4. The highest BCUT2D eigenvalue weighted by atomic mass is 32.2. The summed E-state index contributed by atoms with van der Waals surface area (Å²) in [6.07, 6.45) is 0.732. The molecule has 0 bridgehead atoms. The molecule has 1 aromatic carbocycles. The largest absolute Gasteiger partial charge is 0.369 e. The van der Waals surface area contributed by atoms with Gasteiger partial charge in [0.25, 0.3) is 0 Å². The van der Waals surface area contributed by atoms with E-state index in [4.69, 9.17) is 0 Å². The molecule has 2 rings (SSSR count). The molecule has 1 aromatic rings. The van der Waals surface area contributed by atoms with Gasteiger partial charge in [-0.15, -0.1) is 0 Å². The van der Waals surface area contributed by atoms with Gasteiger partial charge in [0.05, 0.1) is 0 Å². The number of carbonyl (C=O) groups is 1. The fraction of sp³-hybridized carbons (Fsp3) is 0.462. The number of aldehydes is 1. The van der Waals surface area contributed by atoms with E-state index in [0.29, 0.717) is 16.1 Å². The molecular formula is C13H16FNOS. The number of thioether (sulfide) groups is 1. The minimum Gasteiger partial charge on any atom is -0.369 e. The lowest BCUT2D eigenvalue weighted by molar-refractivity contribution is 0.112. The standard InChI is InChI=1S/C13H16FNOS/c1-9-6-15(7-10(2)17-9)13-4-3-12(14)5-11(13)8-16/h3-5,8-10H,6-7H2,1-2H3. The molecule has 0 saturated carbocycles. The second kappa shape index (κ2) is 5.08. The van der Waals surface area contributed by atoms with Crippen LogP contribution in [0.5, 0.6) is 0 Å². The molecule has 1 fully saturated rings. The average molecular weight is 253 g/mol. The molecular weight excluding hydrogens is 237 g/mol. The molecule has 0 aromatic heterocycles. The van der Waals surface area contributed by atoms with Crippen molar-refractivity contribution in [1.29, 1.82) is 0 Å². The van der Waals surface area contributed by atoms with Gasteiger partial charge >= 0.3 is 0 Å². The summed E-state index contributed by atoms with van der Waals surface area (Å²) in [5, 5.41) is 1.06. The zero-order chi connectivity index (χ0) is 12.4. The van der Waals surface area contributed by atoms with Crippen molar-refractivity contribution < 1.29 is 9.18 Å². The molecule has 1 heterocycles. The molecule has 17 heavy (non-hydrogen) atoms. The van der Waals surface area contributed by atoms with E-state index in [9.17, 15) is 9.18 Å². The molecule has 1 aliphatic heterocycles. The lowest BCUT2D eigenvalue weighted by Gasteiger charge is -2.36. The summed E-state index contributed by atoms with van der Waals surface area (Å²) in [5.41, 5.74) is 1.29. The molecule has 2 nitrogen and oxygen atoms in total. The highest BCUT2D eigenvalue weighted by Gasteiger charge is 2.23. The van der Waals surface area contributed by atoms with E-state index in [0.717, 1.165) is 25.1 Å². The fourth-order valence-electron chi connectivity index (χ4n) is 2.28. The molecule has 2 unspecified atom stereocenters. The Morgan fingerprint density at radius 1 is 1.35 bits per heavy atom. The number of hydrogen-bond acceptors (Lipinski definition) is 3. The zero-order valence-electron chi connectivity index (χ0n) is 10.0. The van der Waals surface area contributed by atoms with Crippen LogP contribution in [0, 0.1) is 5.82 Å². The third-order valence-electron chi connectivity index (χ3n) is 2.88. The normalized spacial score (nSPS) is 24.8. The molecule has 0 N–H and O–H groups in total. The van der Waals surface area contributed by atoms with Crippen LogP contribution in [-0.2, 0) is 0 Å². The molecule has 1 saturated heterocycles. The van der Waals surface area contributed by atoms with E-state index < -0.39 is 0 Å². The Hall–Kier alpha value is -1.03. The van der Waals surface area contributed by atoms with Gasteiger partial charge in [-0.1, -0.05) is 13.8 Å². The van der Waals surface area contributed by atoms with E-state index in [1.54, 1.807) is 6.07 Å². The van der Waals surface area contributed by atoms with Crippen molar-refractivity contribution in [2.24, 2.45) is 0 Å². The van der Waals surface area contributed by atoms with Crippen molar-refractivity contribution in [1.82, 2.24) is 0 Å². The Morgan fingerprint density at radius 2 is 2.00 bits per heavy atom. The number of nitrogens with zero attached hydrogens (tertiary/aromatic N) is 1. The smallest absolute Gasteiger partial charge is 0.152 e. The number of rotatable bonds is 2. The van der Waals surface area contributed by atoms with E-state index in [1.807, 2.05) is 11.8 Å². The van der Waals surface area contributed by atoms with Crippen LogP contribution in [0.4, 0.5) is 10.1 Å². The van der Waals surface area contributed by atoms with Crippen molar-refractivity contribution in [3.05, 3.63) is 29.6 Å². The lowest BCUT2D eigenvalue weighted by atomic mass is 10.1. The number of halogens is 1. The Kier molecular flexibility index (Phi) is 3.72. The number of carbonyl (C=O) groups excluding carboxylic acids is 1. The van der Waals surface area contributed by atoms with Crippen molar-refractivity contribution in [2.45, 2.75) is 24.3 Å². The Labute approximate surface area is 105 Å². The van der Waals surface area contributed by atoms with Crippen LogP contribution in [0.25, 0.3) is 0 Å². The minimum absolute atomic E-state index is 0.358. The summed E-state index contributed by atoms with van der Waals surface area (Å²) in [7, 11) is 0. The zero-order valence-corrected chi connectivity index (χ0v) is 10.8. The van der Waals surface area contributed by atoms with Gasteiger partial charge in [0.15, 0.2) is 6.29 Å². The molecule has 2 atom stereocenters. The summed E-state index contributed by atoms with van der Waals surface area (Å²) >= 11 is 1.95.